The van der Waals surface area contributed by atoms with Crippen LogP contribution in [-0.2, 0) is 23.2 Å². The molecule has 0 spiro atoms. The van der Waals surface area contributed by atoms with Crippen molar-refractivity contribution in [2.24, 2.45) is 5.92 Å². The lowest BCUT2D eigenvalue weighted by Gasteiger charge is -2.49. The van der Waals surface area contributed by atoms with Crippen LogP contribution in [0.15, 0.2) is 42.5 Å². The van der Waals surface area contributed by atoms with Gasteiger partial charge in [0.15, 0.2) is 34.7 Å². The van der Waals surface area contributed by atoms with E-state index in [4.69, 9.17) is 9.47 Å². The number of rotatable bonds is 5. The van der Waals surface area contributed by atoms with Crippen molar-refractivity contribution in [3.05, 3.63) is 59.2 Å². The molecular weight excluding hydrogens is 402 g/mol. The molecule has 0 bridgehead atoms. The van der Waals surface area contributed by atoms with Crippen molar-refractivity contribution in [2.75, 3.05) is 13.6 Å². The molecule has 0 amide bonds. The van der Waals surface area contributed by atoms with Crippen LogP contribution < -0.4 is 9.47 Å². The lowest BCUT2D eigenvalue weighted by Crippen LogP contribution is -2.68. The second kappa shape index (κ2) is 6.92. The second-order valence-electron chi connectivity index (χ2n) is 10.2. The summed E-state index contributed by atoms with van der Waals surface area (Å²) in [5, 5.41) is 12.2. The molecule has 2 saturated carbocycles. The van der Waals surface area contributed by atoms with Gasteiger partial charge in [-0.1, -0.05) is 36.4 Å². The maximum atomic E-state index is 13.0. The second-order valence-corrected chi connectivity index (χ2v) is 10.2. The Hall–Kier alpha value is -2.66. The first-order valence-electron chi connectivity index (χ1n) is 11.7. The fourth-order valence-electron chi connectivity index (χ4n) is 6.18. The highest BCUT2D eigenvalue weighted by atomic mass is 16.5. The van der Waals surface area contributed by atoms with Crippen molar-refractivity contribution in [1.29, 1.82) is 0 Å². The predicted molar refractivity (Wildman–Crippen MR) is 121 cm³/mol. The Morgan fingerprint density at radius 2 is 1.97 bits per heavy atom. The third kappa shape index (κ3) is 2.73. The number of hydrogen-bond acceptors (Lipinski definition) is 4. The first-order chi connectivity index (χ1) is 15.4. The van der Waals surface area contributed by atoms with Gasteiger partial charge in [-0.15, -0.1) is 0 Å². The van der Waals surface area contributed by atoms with E-state index in [9.17, 15) is 9.90 Å². The van der Waals surface area contributed by atoms with Crippen LogP contribution in [0.5, 0.6) is 11.5 Å². The van der Waals surface area contributed by atoms with Gasteiger partial charge >= 0.3 is 0 Å². The third-order valence-corrected chi connectivity index (χ3v) is 8.13. The number of hydrogen-bond donors (Lipinski definition) is 1. The highest BCUT2D eigenvalue weighted by Gasteiger charge is 2.70. The maximum absolute atomic E-state index is 13.0. The number of benzene rings is 2. The summed E-state index contributed by atoms with van der Waals surface area (Å²) in [5.74, 6) is 2.08. The molecule has 2 aromatic carbocycles. The zero-order chi connectivity index (χ0) is 22.1. The number of aliphatic hydroxyl groups is 1. The first-order valence-corrected chi connectivity index (χ1v) is 11.7. The molecule has 5 nitrogen and oxygen atoms in total. The van der Waals surface area contributed by atoms with Gasteiger partial charge in [-0.3, -0.25) is 4.79 Å². The SMILES string of the molecule is C[N+](CC1CC1)=C1Cc2ccc(OCc3ccccc3)c3c2C2(C)C(O3)C(=O)CC[C@@]12O. The van der Waals surface area contributed by atoms with Gasteiger partial charge in [-0.05, 0) is 43.4 Å². The Bertz CT molecular complexity index is 1140. The molecule has 6 rings (SSSR count). The van der Waals surface area contributed by atoms with Crippen LogP contribution >= 0.6 is 0 Å². The summed E-state index contributed by atoms with van der Waals surface area (Å²) in [7, 11) is 2.10. The van der Waals surface area contributed by atoms with E-state index in [0.29, 0.717) is 37.4 Å². The standard InChI is InChI=1S/C27H30NO4/c1-26-23-19-10-11-21(31-16-18-6-4-3-5-7-18)24(23)32-25(26)20(29)12-13-27(26,30)22(14-19)28(2)15-17-8-9-17/h3-7,10-11,17,25,30H,8-9,12-16H2,1-2H3/q+1/t25?,26?,27-/m1/s1. The number of ketones is 1. The van der Waals surface area contributed by atoms with E-state index in [-0.39, 0.29) is 5.78 Å². The summed E-state index contributed by atoms with van der Waals surface area (Å²) >= 11 is 0. The van der Waals surface area contributed by atoms with Crippen molar-refractivity contribution in [1.82, 2.24) is 0 Å². The summed E-state index contributed by atoms with van der Waals surface area (Å²) in [6.45, 7) is 3.42. The van der Waals surface area contributed by atoms with Crippen LogP contribution in [0.1, 0.15) is 49.3 Å². The summed E-state index contributed by atoms with van der Waals surface area (Å²) in [6, 6.07) is 14.1. The Morgan fingerprint density at radius 1 is 1.19 bits per heavy atom. The van der Waals surface area contributed by atoms with Crippen molar-refractivity contribution in [2.45, 2.75) is 62.8 Å². The number of ether oxygens (including phenoxy) is 2. The molecule has 1 N–H and O–H groups in total. The minimum Gasteiger partial charge on any atom is -0.485 e. The number of Topliss-reactive ketones (excluding diaryl/α,β-unsaturated/α-hetero) is 1. The quantitative estimate of drug-likeness (QED) is 0.736. The van der Waals surface area contributed by atoms with Crippen molar-refractivity contribution in [3.63, 3.8) is 0 Å². The van der Waals surface area contributed by atoms with Gasteiger partial charge in [0.2, 0.25) is 0 Å². The molecule has 32 heavy (non-hydrogen) atoms. The van der Waals surface area contributed by atoms with Gasteiger partial charge in [0, 0.05) is 17.9 Å². The smallest absolute Gasteiger partial charge is 0.189 e. The number of carbonyl (C=O) groups is 1. The van der Waals surface area contributed by atoms with Gasteiger partial charge in [-0.25, -0.2) is 4.58 Å². The molecule has 2 fully saturated rings. The van der Waals surface area contributed by atoms with Crippen LogP contribution in [0, 0.1) is 5.92 Å². The molecule has 3 atom stereocenters. The molecule has 1 heterocycles. The van der Waals surface area contributed by atoms with E-state index in [1.165, 1.54) is 12.8 Å². The molecular formula is C27H30NO4+. The van der Waals surface area contributed by atoms with Crippen molar-refractivity contribution < 1.29 is 24.0 Å². The van der Waals surface area contributed by atoms with E-state index >= 15 is 0 Å². The van der Waals surface area contributed by atoms with Crippen LogP contribution in [0.2, 0.25) is 0 Å². The summed E-state index contributed by atoms with van der Waals surface area (Å²) in [4.78, 5) is 13.0. The normalized spacial score (nSPS) is 31.7. The monoisotopic (exact) mass is 432 g/mol. The summed E-state index contributed by atoms with van der Waals surface area (Å²) in [5.41, 5.74) is 2.31. The van der Waals surface area contributed by atoms with Gasteiger partial charge < -0.3 is 14.6 Å². The molecule has 166 valence electrons. The largest absolute Gasteiger partial charge is 0.485 e. The van der Waals surface area contributed by atoms with E-state index in [1.54, 1.807) is 0 Å². The summed E-state index contributed by atoms with van der Waals surface area (Å²) in [6.07, 6.45) is 3.31. The highest BCUT2D eigenvalue weighted by Crippen LogP contribution is 2.60. The molecule has 2 aromatic rings. The first kappa shape index (κ1) is 20.0. The fourth-order valence-corrected chi connectivity index (χ4v) is 6.18. The van der Waals surface area contributed by atoms with Crippen molar-refractivity contribution in [3.8, 4) is 11.5 Å². The predicted octanol–water partition coefficient (Wildman–Crippen LogP) is 3.43. The van der Waals surface area contributed by atoms with Gasteiger partial charge in [-0.2, -0.15) is 0 Å². The van der Waals surface area contributed by atoms with E-state index in [0.717, 1.165) is 34.9 Å². The Morgan fingerprint density at radius 3 is 2.72 bits per heavy atom. The zero-order valence-corrected chi connectivity index (χ0v) is 18.8. The topological polar surface area (TPSA) is 58.8 Å². The zero-order valence-electron chi connectivity index (χ0n) is 18.8. The number of nitrogens with zero attached hydrogens (tertiary/aromatic N) is 1. The number of carbonyl (C=O) groups excluding carboxylic acids is 1. The van der Waals surface area contributed by atoms with Gasteiger partial charge in [0.25, 0.3) is 0 Å². The van der Waals surface area contributed by atoms with E-state index in [1.807, 2.05) is 43.3 Å². The van der Waals surface area contributed by atoms with Crippen LogP contribution in [0.25, 0.3) is 0 Å². The molecule has 5 heteroatoms. The molecule has 0 aromatic heterocycles. The molecule has 0 radical (unpaired) electrons. The fraction of sp³-hybridized carbons (Fsp3) is 0.481. The van der Waals surface area contributed by atoms with Gasteiger partial charge in [0.1, 0.15) is 20.2 Å². The van der Waals surface area contributed by atoms with Gasteiger partial charge in [0.05, 0.1) is 11.8 Å². The lowest BCUT2D eigenvalue weighted by atomic mass is 9.54. The molecule has 0 saturated heterocycles. The molecule has 1 aliphatic heterocycles. The molecule has 3 aliphatic carbocycles. The van der Waals surface area contributed by atoms with E-state index < -0.39 is 17.1 Å². The van der Waals surface area contributed by atoms with Crippen LogP contribution in [0.4, 0.5) is 0 Å². The molecule has 4 aliphatic rings. The lowest BCUT2D eigenvalue weighted by molar-refractivity contribution is -0.507. The average Bonchev–Trinajstić information content (AvgIpc) is 3.54. The minimum atomic E-state index is -1.09. The maximum Gasteiger partial charge on any atom is 0.189 e. The Kier molecular flexibility index (Phi) is 4.32. The van der Waals surface area contributed by atoms with Crippen LogP contribution in [0.3, 0.4) is 0 Å². The summed E-state index contributed by atoms with van der Waals surface area (Å²) < 4.78 is 14.8. The van der Waals surface area contributed by atoms with Crippen molar-refractivity contribution >= 4 is 11.5 Å². The Labute approximate surface area is 188 Å². The highest BCUT2D eigenvalue weighted by molar-refractivity contribution is 6.01. The minimum absolute atomic E-state index is 0.0689. The van der Waals surface area contributed by atoms with Crippen LogP contribution in [-0.4, -0.2) is 46.5 Å². The molecule has 2 unspecified atom stereocenters. The Balaban J connectivity index is 1.46. The van der Waals surface area contributed by atoms with E-state index in [2.05, 4.69) is 17.7 Å². The average molecular weight is 433 g/mol. The third-order valence-electron chi connectivity index (χ3n) is 8.13.